The normalized spacial score (nSPS) is 11.8. The Morgan fingerprint density at radius 3 is 3.00 bits per heavy atom. The minimum absolute atomic E-state index is 0.622. The second-order valence-electron chi connectivity index (χ2n) is 5.83. The molecule has 0 spiro atoms. The molecule has 0 radical (unpaired) electrons. The number of fused-ring (bicyclic) bond motifs is 1. The van der Waals surface area contributed by atoms with E-state index < -0.39 is 0 Å². The summed E-state index contributed by atoms with van der Waals surface area (Å²) in [5.74, 6) is 1.35. The Morgan fingerprint density at radius 1 is 1.33 bits per heavy atom. The second-order valence-corrected chi connectivity index (χ2v) is 7.83. The van der Waals surface area contributed by atoms with Gasteiger partial charge in [-0.2, -0.15) is 5.10 Å². The van der Waals surface area contributed by atoms with E-state index in [9.17, 15) is 0 Å². The summed E-state index contributed by atoms with van der Waals surface area (Å²) in [6, 6.07) is 2.16. The van der Waals surface area contributed by atoms with E-state index >= 15 is 0 Å². The lowest BCUT2D eigenvalue weighted by Gasteiger charge is -1.99. The van der Waals surface area contributed by atoms with Gasteiger partial charge in [-0.25, -0.2) is 15.0 Å². The van der Waals surface area contributed by atoms with Gasteiger partial charge in [-0.1, -0.05) is 13.8 Å². The van der Waals surface area contributed by atoms with Crippen molar-refractivity contribution in [3.05, 3.63) is 33.4 Å². The van der Waals surface area contributed by atoms with Crippen molar-refractivity contribution in [2.75, 3.05) is 12.5 Å². The fraction of sp³-hybridized carbons (Fsp3) is 0.375. The van der Waals surface area contributed by atoms with Crippen LogP contribution >= 0.6 is 22.7 Å². The van der Waals surface area contributed by atoms with Crippen LogP contribution in [-0.2, 0) is 13.0 Å². The summed E-state index contributed by atoms with van der Waals surface area (Å²) < 4.78 is 0. The monoisotopic (exact) mass is 360 g/mol. The SMILES string of the molecule is CNCc1csc(C=NNc2ncnc3sc(CC(C)C)cc23)n1. The van der Waals surface area contributed by atoms with Gasteiger partial charge in [0.25, 0.3) is 0 Å². The zero-order chi connectivity index (χ0) is 16.9. The largest absolute Gasteiger partial charge is 0.314 e. The molecule has 0 aliphatic heterocycles. The van der Waals surface area contributed by atoms with Crippen molar-refractivity contribution in [2.45, 2.75) is 26.8 Å². The van der Waals surface area contributed by atoms with Crippen LogP contribution in [0.4, 0.5) is 5.82 Å². The summed E-state index contributed by atoms with van der Waals surface area (Å²) in [5, 5.41) is 11.3. The van der Waals surface area contributed by atoms with Gasteiger partial charge in [0.15, 0.2) is 5.82 Å². The molecule has 3 rings (SSSR count). The first-order chi connectivity index (χ1) is 11.7. The van der Waals surface area contributed by atoms with Gasteiger partial charge >= 0.3 is 0 Å². The Balaban J connectivity index is 1.74. The van der Waals surface area contributed by atoms with E-state index in [-0.39, 0.29) is 0 Å². The Bertz CT molecular complexity index is 836. The number of thiazole rings is 1. The highest BCUT2D eigenvalue weighted by Gasteiger charge is 2.09. The van der Waals surface area contributed by atoms with Crippen molar-refractivity contribution < 1.29 is 0 Å². The highest BCUT2D eigenvalue weighted by Crippen LogP contribution is 2.29. The Kier molecular flexibility index (Phi) is 5.49. The highest BCUT2D eigenvalue weighted by atomic mass is 32.1. The topological polar surface area (TPSA) is 75.1 Å². The van der Waals surface area contributed by atoms with E-state index in [1.807, 2.05) is 12.4 Å². The summed E-state index contributed by atoms with van der Waals surface area (Å²) in [4.78, 5) is 15.4. The average Bonchev–Trinajstić information content (AvgIpc) is 3.14. The molecule has 0 fully saturated rings. The number of hydrogen-bond acceptors (Lipinski definition) is 8. The van der Waals surface area contributed by atoms with E-state index in [1.54, 1.807) is 35.2 Å². The zero-order valence-corrected chi connectivity index (χ0v) is 15.5. The lowest BCUT2D eigenvalue weighted by molar-refractivity contribution is 0.654. The van der Waals surface area contributed by atoms with Gasteiger partial charge in [0.05, 0.1) is 17.3 Å². The molecule has 0 aliphatic rings. The number of nitrogens with one attached hydrogen (secondary N) is 2. The van der Waals surface area contributed by atoms with Crippen molar-refractivity contribution in [1.82, 2.24) is 20.3 Å². The summed E-state index contributed by atoms with van der Waals surface area (Å²) >= 11 is 3.29. The molecular formula is C16H20N6S2. The molecule has 0 unspecified atom stereocenters. The molecule has 0 aliphatic carbocycles. The van der Waals surface area contributed by atoms with E-state index in [0.29, 0.717) is 5.92 Å². The number of aromatic nitrogens is 3. The maximum absolute atomic E-state index is 4.47. The van der Waals surface area contributed by atoms with Crippen molar-refractivity contribution in [2.24, 2.45) is 11.0 Å². The summed E-state index contributed by atoms with van der Waals surface area (Å²) in [5.41, 5.74) is 4.04. The van der Waals surface area contributed by atoms with E-state index in [1.165, 1.54) is 4.88 Å². The molecule has 3 aromatic rings. The number of nitrogens with zero attached hydrogens (tertiary/aromatic N) is 4. The number of hydrogen-bond donors (Lipinski definition) is 2. The van der Waals surface area contributed by atoms with E-state index in [2.05, 4.69) is 50.7 Å². The molecule has 24 heavy (non-hydrogen) atoms. The van der Waals surface area contributed by atoms with E-state index in [0.717, 1.165) is 39.7 Å². The number of anilines is 1. The van der Waals surface area contributed by atoms with Crippen molar-refractivity contribution in [3.8, 4) is 0 Å². The van der Waals surface area contributed by atoms with Crippen LogP contribution in [0.1, 0.15) is 29.4 Å². The van der Waals surface area contributed by atoms with Crippen LogP contribution in [0.3, 0.4) is 0 Å². The summed E-state index contributed by atoms with van der Waals surface area (Å²) in [7, 11) is 1.91. The first-order valence-electron chi connectivity index (χ1n) is 7.77. The fourth-order valence-electron chi connectivity index (χ4n) is 2.29. The molecule has 0 aromatic carbocycles. The first kappa shape index (κ1) is 16.9. The summed E-state index contributed by atoms with van der Waals surface area (Å²) in [6.07, 6.45) is 4.35. The van der Waals surface area contributed by atoms with Crippen LogP contribution in [0.2, 0.25) is 0 Å². The van der Waals surface area contributed by atoms with Gasteiger partial charge < -0.3 is 5.32 Å². The van der Waals surface area contributed by atoms with Crippen LogP contribution < -0.4 is 10.7 Å². The molecule has 0 amide bonds. The number of rotatable bonds is 7. The Morgan fingerprint density at radius 2 is 2.21 bits per heavy atom. The minimum Gasteiger partial charge on any atom is -0.314 e. The van der Waals surface area contributed by atoms with Gasteiger partial charge in [-0.15, -0.1) is 22.7 Å². The van der Waals surface area contributed by atoms with E-state index in [4.69, 9.17) is 0 Å². The number of thiophene rings is 1. The molecule has 8 heteroatoms. The smallest absolute Gasteiger partial charge is 0.158 e. The molecule has 0 saturated carbocycles. The Hall–Kier alpha value is -1.90. The molecular weight excluding hydrogens is 340 g/mol. The van der Waals surface area contributed by atoms with Gasteiger partial charge in [-0.3, -0.25) is 5.43 Å². The van der Waals surface area contributed by atoms with Crippen molar-refractivity contribution >= 4 is 44.9 Å². The lowest BCUT2D eigenvalue weighted by Crippen LogP contribution is -2.05. The minimum atomic E-state index is 0.622. The molecule has 0 atom stereocenters. The third kappa shape index (κ3) is 4.14. The van der Waals surface area contributed by atoms with Crippen molar-refractivity contribution in [3.63, 3.8) is 0 Å². The van der Waals surface area contributed by atoms with Crippen molar-refractivity contribution in [1.29, 1.82) is 0 Å². The maximum atomic E-state index is 4.47. The molecule has 0 bridgehead atoms. The van der Waals surface area contributed by atoms with Gasteiger partial charge in [0, 0.05) is 16.8 Å². The highest BCUT2D eigenvalue weighted by molar-refractivity contribution is 7.18. The standard InChI is InChI=1S/C16H20N6S2/c1-10(2)4-12-5-13-15(18-9-19-16(13)24-12)22-20-7-14-21-11(6-17-3)8-23-14/h5,7-10,17H,4,6H2,1-3H3,(H,18,19,22). The molecule has 6 nitrogen and oxygen atoms in total. The molecule has 3 aromatic heterocycles. The van der Waals surface area contributed by atoms with Gasteiger partial charge in [0.2, 0.25) is 0 Å². The molecule has 2 N–H and O–H groups in total. The second kappa shape index (κ2) is 7.78. The quantitative estimate of drug-likeness (QED) is 0.498. The fourth-order valence-corrected chi connectivity index (χ4v) is 4.17. The average molecular weight is 361 g/mol. The maximum Gasteiger partial charge on any atom is 0.158 e. The molecule has 3 heterocycles. The third-order valence-electron chi connectivity index (χ3n) is 3.26. The predicted octanol–water partition coefficient (Wildman–Crippen LogP) is 3.51. The van der Waals surface area contributed by atoms with Crippen LogP contribution in [0.25, 0.3) is 10.2 Å². The molecule has 0 saturated heterocycles. The van der Waals surface area contributed by atoms with Crippen LogP contribution in [0.15, 0.2) is 22.9 Å². The Labute approximate surface area is 149 Å². The van der Waals surface area contributed by atoms with Gasteiger partial charge in [0.1, 0.15) is 16.2 Å². The van der Waals surface area contributed by atoms with Crippen LogP contribution in [0.5, 0.6) is 0 Å². The number of hydrazone groups is 1. The summed E-state index contributed by atoms with van der Waals surface area (Å²) in [6.45, 7) is 5.20. The van der Waals surface area contributed by atoms with Gasteiger partial charge in [-0.05, 0) is 25.5 Å². The predicted molar refractivity (Wildman–Crippen MR) is 102 cm³/mol. The molecule has 126 valence electrons. The van der Waals surface area contributed by atoms with Crippen LogP contribution in [0, 0.1) is 5.92 Å². The third-order valence-corrected chi connectivity index (χ3v) is 5.16. The zero-order valence-electron chi connectivity index (χ0n) is 13.9. The lowest BCUT2D eigenvalue weighted by atomic mass is 10.1. The first-order valence-corrected chi connectivity index (χ1v) is 9.47. The van der Waals surface area contributed by atoms with Crippen LogP contribution in [-0.4, -0.2) is 28.2 Å².